The van der Waals surface area contributed by atoms with Crippen molar-refractivity contribution in [1.82, 2.24) is 4.57 Å². The molecule has 1 aromatic heterocycles. The van der Waals surface area contributed by atoms with Crippen molar-refractivity contribution < 1.29 is 4.79 Å². The van der Waals surface area contributed by atoms with Crippen molar-refractivity contribution in [1.29, 1.82) is 0 Å². The minimum atomic E-state index is 0.260. The Morgan fingerprint density at radius 2 is 2.21 bits per heavy atom. The lowest BCUT2D eigenvalue weighted by atomic mass is 9.96. The number of hydrogen-bond donors (Lipinski definition) is 0. The van der Waals surface area contributed by atoms with Gasteiger partial charge in [-0.2, -0.15) is 0 Å². The van der Waals surface area contributed by atoms with Gasteiger partial charge < -0.3 is 4.57 Å². The van der Waals surface area contributed by atoms with Gasteiger partial charge in [0.25, 0.3) is 0 Å². The van der Waals surface area contributed by atoms with Crippen molar-refractivity contribution in [3.05, 3.63) is 35.5 Å². The first-order valence-corrected chi connectivity index (χ1v) is 7.28. The van der Waals surface area contributed by atoms with Crippen LogP contribution in [0.1, 0.15) is 37.3 Å². The summed E-state index contributed by atoms with van der Waals surface area (Å²) in [5.74, 6) is 0.722. The predicted molar refractivity (Wildman–Crippen MR) is 78.3 cm³/mol. The maximum Gasteiger partial charge on any atom is 0.136 e. The van der Waals surface area contributed by atoms with E-state index in [4.69, 9.17) is 0 Å². The minimum Gasteiger partial charge on any atom is -0.350 e. The Labute approximate surface area is 114 Å². The molecule has 1 heterocycles. The second-order valence-corrected chi connectivity index (χ2v) is 5.73. The molecule has 1 aromatic carbocycles. The number of carbonyl (C=O) groups is 1. The Hall–Kier alpha value is -1.57. The zero-order valence-electron chi connectivity index (χ0n) is 11.8. The van der Waals surface area contributed by atoms with Gasteiger partial charge in [-0.05, 0) is 48.9 Å². The van der Waals surface area contributed by atoms with E-state index in [0.29, 0.717) is 5.78 Å². The van der Waals surface area contributed by atoms with Gasteiger partial charge in [0.2, 0.25) is 0 Å². The van der Waals surface area contributed by atoms with Crippen LogP contribution in [0, 0.1) is 5.92 Å². The van der Waals surface area contributed by atoms with Crippen LogP contribution in [0.4, 0.5) is 0 Å². The fourth-order valence-electron chi connectivity index (χ4n) is 3.27. The zero-order chi connectivity index (χ0) is 13.4. The molecular weight excluding hydrogens is 234 g/mol. The van der Waals surface area contributed by atoms with Gasteiger partial charge in [0.05, 0.1) is 0 Å². The number of hydrogen-bond acceptors (Lipinski definition) is 1. The van der Waals surface area contributed by atoms with E-state index in [0.717, 1.165) is 32.1 Å². The van der Waals surface area contributed by atoms with E-state index in [9.17, 15) is 4.79 Å². The molecule has 0 bridgehead atoms. The molecule has 1 unspecified atom stereocenters. The summed E-state index contributed by atoms with van der Waals surface area (Å²) in [6, 6.07) is 6.70. The fourth-order valence-corrected chi connectivity index (χ4v) is 3.27. The van der Waals surface area contributed by atoms with E-state index in [-0.39, 0.29) is 5.92 Å². The van der Waals surface area contributed by atoms with Crippen LogP contribution in [0.2, 0.25) is 0 Å². The maximum atomic E-state index is 11.8. The number of carbonyl (C=O) groups excluding carboxylic acids is 1. The third-order valence-corrected chi connectivity index (χ3v) is 4.44. The average Bonchev–Trinajstić information content (AvgIpc) is 2.95. The number of Topliss-reactive ketones (excluding diaryl/α,β-unsaturated/α-hetero) is 1. The highest BCUT2D eigenvalue weighted by molar-refractivity contribution is 5.87. The topological polar surface area (TPSA) is 22.0 Å². The van der Waals surface area contributed by atoms with E-state index in [1.807, 2.05) is 0 Å². The molecule has 2 aromatic rings. The quantitative estimate of drug-likeness (QED) is 0.820. The molecule has 1 atom stereocenters. The molecule has 2 heteroatoms. The fraction of sp³-hybridized carbons (Fsp3) is 0.471. The van der Waals surface area contributed by atoms with Crippen LogP contribution >= 0.6 is 0 Å². The monoisotopic (exact) mass is 255 g/mol. The van der Waals surface area contributed by atoms with Crippen LogP contribution in [-0.2, 0) is 24.7 Å². The number of benzene rings is 1. The first-order valence-electron chi connectivity index (χ1n) is 7.28. The van der Waals surface area contributed by atoms with E-state index >= 15 is 0 Å². The van der Waals surface area contributed by atoms with Crippen molar-refractivity contribution in [3.8, 4) is 0 Å². The van der Waals surface area contributed by atoms with Crippen LogP contribution in [0.25, 0.3) is 10.9 Å². The van der Waals surface area contributed by atoms with E-state index in [2.05, 4.69) is 42.9 Å². The van der Waals surface area contributed by atoms with Crippen LogP contribution in [0.3, 0.4) is 0 Å². The third kappa shape index (κ3) is 2.20. The third-order valence-electron chi connectivity index (χ3n) is 4.44. The van der Waals surface area contributed by atoms with Gasteiger partial charge in [-0.3, -0.25) is 4.79 Å². The van der Waals surface area contributed by atoms with Gasteiger partial charge in [-0.1, -0.05) is 13.0 Å². The van der Waals surface area contributed by atoms with Crippen molar-refractivity contribution in [3.63, 3.8) is 0 Å². The molecule has 0 amide bonds. The summed E-state index contributed by atoms with van der Waals surface area (Å²) in [5, 5.41) is 1.33. The number of nitrogens with zero attached hydrogens (tertiary/aromatic N) is 1. The molecule has 1 fully saturated rings. The predicted octanol–water partition coefficient (Wildman–Crippen LogP) is 3.65. The Morgan fingerprint density at radius 1 is 1.37 bits per heavy atom. The summed E-state index contributed by atoms with van der Waals surface area (Å²) in [7, 11) is 2.09. The van der Waals surface area contributed by atoms with Crippen molar-refractivity contribution in [2.45, 2.75) is 39.0 Å². The second kappa shape index (κ2) is 4.84. The lowest BCUT2D eigenvalue weighted by molar-refractivity contribution is -0.120. The van der Waals surface area contributed by atoms with Crippen LogP contribution in [0.5, 0.6) is 0 Å². The summed E-state index contributed by atoms with van der Waals surface area (Å²) in [6.45, 7) is 2.18. The molecule has 0 spiro atoms. The number of ketones is 1. The molecule has 1 aliphatic rings. The van der Waals surface area contributed by atoms with Gasteiger partial charge in [0, 0.05) is 36.5 Å². The molecule has 100 valence electrons. The lowest BCUT2D eigenvalue weighted by Crippen LogP contribution is -2.09. The SMILES string of the molecule is CCc1ccc2c(c1)c(CC1CCCC1=O)cn2C. The van der Waals surface area contributed by atoms with Crippen LogP contribution in [0.15, 0.2) is 24.4 Å². The number of aryl methyl sites for hydroxylation is 2. The molecule has 0 radical (unpaired) electrons. The first-order chi connectivity index (χ1) is 9.19. The molecule has 19 heavy (non-hydrogen) atoms. The summed E-state index contributed by atoms with van der Waals surface area (Å²) < 4.78 is 2.18. The standard InChI is InChI=1S/C17H21NO/c1-3-12-7-8-16-15(9-12)14(11-18(16)2)10-13-5-4-6-17(13)19/h7-9,11,13H,3-6,10H2,1-2H3. The number of rotatable bonds is 3. The molecule has 1 saturated carbocycles. The highest BCUT2D eigenvalue weighted by atomic mass is 16.1. The van der Waals surface area contributed by atoms with Crippen molar-refractivity contribution in [2.24, 2.45) is 13.0 Å². The Bertz CT molecular complexity index is 623. The normalized spacial score (nSPS) is 19.5. The maximum absolute atomic E-state index is 11.8. The molecule has 3 rings (SSSR count). The van der Waals surface area contributed by atoms with Gasteiger partial charge in [0.1, 0.15) is 5.78 Å². The molecule has 2 nitrogen and oxygen atoms in total. The smallest absolute Gasteiger partial charge is 0.136 e. The molecular formula is C17H21NO. The Morgan fingerprint density at radius 3 is 2.89 bits per heavy atom. The summed E-state index contributed by atoms with van der Waals surface area (Å²) >= 11 is 0. The van der Waals surface area contributed by atoms with E-state index < -0.39 is 0 Å². The second-order valence-electron chi connectivity index (χ2n) is 5.73. The summed E-state index contributed by atoms with van der Waals surface area (Å²) in [6.07, 6.45) is 7.12. The minimum absolute atomic E-state index is 0.260. The van der Waals surface area contributed by atoms with Crippen LogP contribution in [-0.4, -0.2) is 10.4 Å². The van der Waals surface area contributed by atoms with Gasteiger partial charge >= 0.3 is 0 Å². The highest BCUT2D eigenvalue weighted by Gasteiger charge is 2.25. The lowest BCUT2D eigenvalue weighted by Gasteiger charge is -2.07. The average molecular weight is 255 g/mol. The van der Waals surface area contributed by atoms with Crippen LogP contribution < -0.4 is 0 Å². The number of fused-ring (bicyclic) bond motifs is 1. The largest absolute Gasteiger partial charge is 0.350 e. The molecule has 0 aliphatic heterocycles. The van der Waals surface area contributed by atoms with E-state index in [1.54, 1.807) is 0 Å². The summed E-state index contributed by atoms with van der Waals surface area (Å²) in [4.78, 5) is 11.8. The van der Waals surface area contributed by atoms with E-state index in [1.165, 1.54) is 22.0 Å². The number of aromatic nitrogens is 1. The molecule has 0 saturated heterocycles. The first kappa shape index (κ1) is 12.5. The van der Waals surface area contributed by atoms with Crippen molar-refractivity contribution >= 4 is 16.7 Å². The zero-order valence-corrected chi connectivity index (χ0v) is 11.8. The van der Waals surface area contributed by atoms with Gasteiger partial charge in [0.15, 0.2) is 0 Å². The highest BCUT2D eigenvalue weighted by Crippen LogP contribution is 2.29. The Kier molecular flexibility index (Phi) is 3.17. The molecule has 0 N–H and O–H groups in total. The van der Waals surface area contributed by atoms with Gasteiger partial charge in [-0.25, -0.2) is 0 Å². The Balaban J connectivity index is 2.00. The van der Waals surface area contributed by atoms with Crippen molar-refractivity contribution in [2.75, 3.05) is 0 Å². The van der Waals surface area contributed by atoms with Gasteiger partial charge in [-0.15, -0.1) is 0 Å². The summed E-state index contributed by atoms with van der Waals surface area (Å²) in [5.41, 5.74) is 3.99. The molecule has 1 aliphatic carbocycles.